The van der Waals surface area contributed by atoms with Crippen molar-refractivity contribution in [3.8, 4) is 0 Å². The van der Waals surface area contributed by atoms with Crippen LogP contribution < -0.4 is 5.73 Å². The highest BCUT2D eigenvalue weighted by Gasteiger charge is 2.32. The molecule has 0 unspecified atom stereocenters. The molecule has 1 aromatic rings. The smallest absolute Gasteiger partial charge is 0.405 e. The van der Waals surface area contributed by atoms with E-state index in [4.69, 9.17) is 10.5 Å². The van der Waals surface area contributed by atoms with E-state index in [0.717, 1.165) is 21.1 Å². The Balaban J connectivity index is 2.42. The average molecular weight is 333 g/mol. The van der Waals surface area contributed by atoms with Gasteiger partial charge in [-0.25, -0.2) is 4.79 Å². The number of amides is 1. The monoisotopic (exact) mass is 333 g/mol. The summed E-state index contributed by atoms with van der Waals surface area (Å²) in [6, 6.07) is 5.87. The molecule has 0 aromatic heterocycles. The van der Waals surface area contributed by atoms with Crippen LogP contribution in [0.1, 0.15) is 23.7 Å². The number of carbonyl (C=O) groups is 1. The maximum atomic E-state index is 10.8. The van der Waals surface area contributed by atoms with Crippen LogP contribution in [0, 0.1) is 3.57 Å². The van der Waals surface area contributed by atoms with Gasteiger partial charge in [0.15, 0.2) is 6.10 Å². The third kappa shape index (κ3) is 2.15. The largest absolute Gasteiger partial charge is 0.439 e. The minimum absolute atomic E-state index is 0.588. The molecule has 0 spiro atoms. The first-order valence-corrected chi connectivity index (χ1v) is 6.09. The van der Waals surface area contributed by atoms with Crippen LogP contribution in [-0.2, 0) is 11.2 Å². The summed E-state index contributed by atoms with van der Waals surface area (Å²) in [5.74, 6) is 0. The molecular formula is C11H12INO3. The minimum atomic E-state index is -0.850. The number of aliphatic hydroxyl groups excluding tert-OH is 1. The van der Waals surface area contributed by atoms with E-state index >= 15 is 0 Å². The third-order valence-corrected chi connectivity index (χ3v) is 3.67. The first kappa shape index (κ1) is 11.7. The standard InChI is InChI=1S/C11H12INO3/c12-7-3-1-2-6-4-5-8(14)10(9(6)7)16-11(13)15/h1-3,8,10,14H,4-5H2,(H2,13,15)/t8-,10-/m1/s1. The maximum Gasteiger partial charge on any atom is 0.405 e. The molecule has 0 saturated carbocycles. The van der Waals surface area contributed by atoms with Crippen molar-refractivity contribution >= 4 is 28.7 Å². The molecule has 0 fully saturated rings. The zero-order chi connectivity index (χ0) is 11.7. The van der Waals surface area contributed by atoms with Crippen LogP contribution in [0.3, 0.4) is 0 Å². The molecule has 2 rings (SSSR count). The highest BCUT2D eigenvalue weighted by atomic mass is 127. The van der Waals surface area contributed by atoms with E-state index in [1.807, 2.05) is 18.2 Å². The summed E-state index contributed by atoms with van der Waals surface area (Å²) in [6.07, 6.45) is -0.765. The number of benzene rings is 1. The topological polar surface area (TPSA) is 72.6 Å². The van der Waals surface area contributed by atoms with Crippen molar-refractivity contribution in [3.05, 3.63) is 32.9 Å². The quantitative estimate of drug-likeness (QED) is 0.769. The minimum Gasteiger partial charge on any atom is -0.439 e. The first-order valence-electron chi connectivity index (χ1n) is 5.01. The molecule has 0 saturated heterocycles. The van der Waals surface area contributed by atoms with Gasteiger partial charge in [0.1, 0.15) is 0 Å². The predicted molar refractivity (Wildman–Crippen MR) is 66.9 cm³/mol. The Hall–Kier alpha value is -0.820. The lowest BCUT2D eigenvalue weighted by atomic mass is 9.87. The van der Waals surface area contributed by atoms with E-state index in [0.29, 0.717) is 6.42 Å². The normalized spacial score (nSPS) is 23.6. The maximum absolute atomic E-state index is 10.8. The second-order valence-electron chi connectivity index (χ2n) is 3.78. The molecule has 5 heteroatoms. The van der Waals surface area contributed by atoms with Crippen LogP contribution in [0.15, 0.2) is 18.2 Å². The molecule has 0 radical (unpaired) electrons. The number of carbonyl (C=O) groups excluding carboxylic acids is 1. The Morgan fingerprint density at radius 3 is 3.00 bits per heavy atom. The summed E-state index contributed by atoms with van der Waals surface area (Å²) in [4.78, 5) is 10.8. The molecule has 2 atom stereocenters. The fraction of sp³-hybridized carbons (Fsp3) is 0.364. The van der Waals surface area contributed by atoms with Gasteiger partial charge in [-0.15, -0.1) is 0 Å². The van der Waals surface area contributed by atoms with E-state index in [1.54, 1.807) is 0 Å². The van der Waals surface area contributed by atoms with Crippen molar-refractivity contribution < 1.29 is 14.6 Å². The zero-order valence-corrected chi connectivity index (χ0v) is 10.7. The predicted octanol–water partition coefficient (Wildman–Crippen LogP) is 1.73. The number of primary amides is 1. The second-order valence-corrected chi connectivity index (χ2v) is 4.94. The molecule has 1 amide bonds. The Bertz CT molecular complexity index is 422. The summed E-state index contributed by atoms with van der Waals surface area (Å²) in [5.41, 5.74) is 7.02. The van der Waals surface area contributed by atoms with E-state index in [-0.39, 0.29) is 0 Å². The van der Waals surface area contributed by atoms with Gasteiger partial charge < -0.3 is 15.6 Å². The van der Waals surface area contributed by atoms with Crippen LogP contribution in [0.4, 0.5) is 4.79 Å². The van der Waals surface area contributed by atoms with Gasteiger partial charge in [0.2, 0.25) is 0 Å². The van der Waals surface area contributed by atoms with Crippen LogP contribution >= 0.6 is 22.6 Å². The summed E-state index contributed by atoms with van der Waals surface area (Å²) < 4.78 is 5.98. The molecule has 0 aliphatic heterocycles. The van der Waals surface area contributed by atoms with Crippen LogP contribution in [0.2, 0.25) is 0 Å². The zero-order valence-electron chi connectivity index (χ0n) is 8.52. The Labute approximate surface area is 107 Å². The molecule has 1 aromatic carbocycles. The summed E-state index contributed by atoms with van der Waals surface area (Å²) in [5, 5.41) is 9.85. The fourth-order valence-electron chi connectivity index (χ4n) is 2.03. The van der Waals surface area contributed by atoms with Gasteiger partial charge in [0.05, 0.1) is 6.10 Å². The fourth-order valence-corrected chi connectivity index (χ4v) is 2.89. The van der Waals surface area contributed by atoms with E-state index in [1.165, 1.54) is 0 Å². The van der Waals surface area contributed by atoms with Crippen molar-refractivity contribution in [2.45, 2.75) is 25.0 Å². The van der Waals surface area contributed by atoms with Crippen molar-refractivity contribution in [1.29, 1.82) is 0 Å². The highest BCUT2D eigenvalue weighted by molar-refractivity contribution is 14.1. The summed E-state index contributed by atoms with van der Waals surface area (Å²) >= 11 is 2.17. The first-order chi connectivity index (χ1) is 7.59. The van der Waals surface area contributed by atoms with Crippen molar-refractivity contribution in [3.63, 3.8) is 0 Å². The van der Waals surface area contributed by atoms with Crippen molar-refractivity contribution in [1.82, 2.24) is 0 Å². The number of ether oxygens (including phenoxy) is 1. The summed E-state index contributed by atoms with van der Waals surface area (Å²) in [6.45, 7) is 0. The van der Waals surface area contributed by atoms with Gasteiger partial charge in [-0.2, -0.15) is 0 Å². The van der Waals surface area contributed by atoms with E-state index in [2.05, 4.69) is 22.6 Å². The second kappa shape index (κ2) is 4.58. The Morgan fingerprint density at radius 1 is 1.56 bits per heavy atom. The van der Waals surface area contributed by atoms with Gasteiger partial charge in [-0.1, -0.05) is 12.1 Å². The lowest BCUT2D eigenvalue weighted by Crippen LogP contribution is -2.31. The Morgan fingerprint density at radius 2 is 2.31 bits per heavy atom. The van der Waals surface area contributed by atoms with Gasteiger partial charge in [0, 0.05) is 9.13 Å². The number of nitrogens with two attached hydrogens (primary N) is 1. The molecule has 86 valence electrons. The van der Waals surface area contributed by atoms with E-state index in [9.17, 15) is 9.90 Å². The van der Waals surface area contributed by atoms with E-state index < -0.39 is 18.3 Å². The number of rotatable bonds is 1. The molecule has 16 heavy (non-hydrogen) atoms. The molecule has 0 heterocycles. The number of hydrogen-bond donors (Lipinski definition) is 2. The van der Waals surface area contributed by atoms with Gasteiger partial charge in [-0.3, -0.25) is 0 Å². The number of fused-ring (bicyclic) bond motifs is 1. The molecule has 3 N–H and O–H groups in total. The van der Waals surface area contributed by atoms with Gasteiger partial charge in [-0.05, 0) is 47.1 Å². The lowest BCUT2D eigenvalue weighted by Gasteiger charge is -2.30. The number of halogens is 1. The molecule has 1 aliphatic rings. The van der Waals surface area contributed by atoms with Crippen LogP contribution in [0.5, 0.6) is 0 Å². The van der Waals surface area contributed by atoms with Crippen molar-refractivity contribution in [2.75, 3.05) is 0 Å². The van der Waals surface area contributed by atoms with Gasteiger partial charge >= 0.3 is 6.09 Å². The number of aliphatic hydroxyl groups is 1. The molecular weight excluding hydrogens is 321 g/mol. The average Bonchev–Trinajstić information content (AvgIpc) is 2.22. The van der Waals surface area contributed by atoms with Crippen molar-refractivity contribution in [2.24, 2.45) is 5.73 Å². The number of hydrogen-bond acceptors (Lipinski definition) is 3. The van der Waals surface area contributed by atoms with Crippen LogP contribution in [0.25, 0.3) is 0 Å². The Kier molecular flexibility index (Phi) is 3.34. The lowest BCUT2D eigenvalue weighted by molar-refractivity contribution is -0.00558. The van der Waals surface area contributed by atoms with Crippen LogP contribution in [-0.4, -0.2) is 17.3 Å². The SMILES string of the molecule is NC(=O)O[C@H]1c2c(I)cccc2CC[C@H]1O. The summed E-state index contributed by atoms with van der Waals surface area (Å²) in [7, 11) is 0. The molecule has 4 nitrogen and oxygen atoms in total. The van der Waals surface area contributed by atoms with Gasteiger partial charge in [0.25, 0.3) is 0 Å². The number of aryl methyl sites for hydroxylation is 1. The third-order valence-electron chi connectivity index (χ3n) is 2.73. The highest BCUT2D eigenvalue weighted by Crippen LogP contribution is 2.35. The molecule has 0 bridgehead atoms. The molecule has 1 aliphatic carbocycles.